The summed E-state index contributed by atoms with van der Waals surface area (Å²) in [6.45, 7) is 8.19. The number of nitrogens with one attached hydrogen (secondary N) is 1. The summed E-state index contributed by atoms with van der Waals surface area (Å²) < 4.78 is 15.3. The lowest BCUT2D eigenvalue weighted by atomic mass is 10.1. The maximum absolute atomic E-state index is 13.3. The molecular formula is C24H29FN4O. The van der Waals surface area contributed by atoms with Gasteiger partial charge in [-0.15, -0.1) is 0 Å². The molecule has 6 heteroatoms. The first-order chi connectivity index (χ1) is 14.5. The van der Waals surface area contributed by atoms with Gasteiger partial charge >= 0.3 is 0 Å². The molecule has 1 saturated heterocycles. The van der Waals surface area contributed by atoms with Gasteiger partial charge in [0, 0.05) is 19.5 Å². The lowest BCUT2D eigenvalue weighted by Crippen LogP contribution is -2.35. The third kappa shape index (κ3) is 4.70. The fraction of sp³-hybridized carbons (Fsp3) is 0.417. The summed E-state index contributed by atoms with van der Waals surface area (Å²) in [4.78, 5) is 19.9. The Hall–Kier alpha value is -2.73. The Balaban J connectivity index is 1.54. The van der Waals surface area contributed by atoms with Crippen LogP contribution in [0.2, 0.25) is 0 Å². The summed E-state index contributed by atoms with van der Waals surface area (Å²) in [6, 6.07) is 10.6. The molecule has 1 aliphatic rings. The zero-order chi connectivity index (χ0) is 21.1. The van der Waals surface area contributed by atoms with Crippen molar-refractivity contribution in [2.24, 2.45) is 0 Å². The Labute approximate surface area is 176 Å². The minimum Gasteiger partial charge on any atom is -0.353 e. The molecule has 1 amide bonds. The van der Waals surface area contributed by atoms with Gasteiger partial charge in [-0.25, -0.2) is 9.37 Å². The van der Waals surface area contributed by atoms with Gasteiger partial charge in [0.2, 0.25) is 5.91 Å². The van der Waals surface area contributed by atoms with Crippen molar-refractivity contribution in [2.75, 3.05) is 26.2 Å². The molecular weight excluding hydrogens is 379 g/mol. The second-order valence-electron chi connectivity index (χ2n) is 8.24. The minimum atomic E-state index is -0.254. The zero-order valence-electron chi connectivity index (χ0n) is 17.7. The van der Waals surface area contributed by atoms with Gasteiger partial charge in [0.25, 0.3) is 0 Å². The topological polar surface area (TPSA) is 50.2 Å². The molecule has 0 unspecified atom stereocenters. The van der Waals surface area contributed by atoms with Crippen LogP contribution in [0.5, 0.6) is 0 Å². The van der Waals surface area contributed by atoms with Crippen LogP contribution < -0.4 is 5.32 Å². The van der Waals surface area contributed by atoms with Crippen molar-refractivity contribution >= 4 is 16.9 Å². The van der Waals surface area contributed by atoms with Crippen molar-refractivity contribution in [2.45, 2.75) is 39.7 Å². The van der Waals surface area contributed by atoms with Gasteiger partial charge in [-0.05, 0) is 80.7 Å². The lowest BCUT2D eigenvalue weighted by Gasteiger charge is -2.15. The number of carbonyl (C=O) groups excluding carboxylic acids is 1. The van der Waals surface area contributed by atoms with E-state index in [1.807, 2.05) is 4.57 Å². The van der Waals surface area contributed by atoms with E-state index >= 15 is 0 Å². The third-order valence-corrected chi connectivity index (χ3v) is 5.97. The van der Waals surface area contributed by atoms with Crippen molar-refractivity contribution in [3.63, 3.8) is 0 Å². The van der Waals surface area contributed by atoms with Crippen molar-refractivity contribution in [3.05, 3.63) is 64.7 Å². The van der Waals surface area contributed by atoms with Crippen LogP contribution in [-0.2, 0) is 17.8 Å². The average molecular weight is 409 g/mol. The summed E-state index contributed by atoms with van der Waals surface area (Å²) in [5.74, 6) is 0.555. The second-order valence-corrected chi connectivity index (χ2v) is 8.24. The molecule has 0 saturated carbocycles. The van der Waals surface area contributed by atoms with Crippen molar-refractivity contribution < 1.29 is 9.18 Å². The molecule has 1 aliphatic heterocycles. The monoisotopic (exact) mass is 408 g/mol. The molecule has 2 heterocycles. The number of halogens is 1. The smallest absolute Gasteiger partial charge is 0.240 e. The first kappa shape index (κ1) is 20.5. The Morgan fingerprint density at radius 2 is 1.80 bits per heavy atom. The van der Waals surface area contributed by atoms with Gasteiger partial charge in [-0.2, -0.15) is 0 Å². The van der Waals surface area contributed by atoms with E-state index in [-0.39, 0.29) is 18.3 Å². The van der Waals surface area contributed by atoms with E-state index in [9.17, 15) is 9.18 Å². The van der Waals surface area contributed by atoms with Crippen LogP contribution in [0.4, 0.5) is 4.39 Å². The standard InChI is InChI=1S/C24H29FN4O/c1-17-13-21-22(14-18(17)2)29(16-24(30)26-9-12-28-10-3-4-11-28)23(27-21)15-19-5-7-20(25)8-6-19/h5-8,13-14H,3-4,9-12,15-16H2,1-2H3,(H,26,30). The lowest BCUT2D eigenvalue weighted by molar-refractivity contribution is -0.121. The SMILES string of the molecule is Cc1cc2nc(Cc3ccc(F)cc3)n(CC(=O)NCCN3CCCC3)c2cc1C. The molecule has 0 radical (unpaired) electrons. The van der Waals surface area contributed by atoms with Crippen molar-refractivity contribution in [3.8, 4) is 0 Å². The zero-order valence-corrected chi connectivity index (χ0v) is 17.7. The van der Waals surface area contributed by atoms with Crippen molar-refractivity contribution in [1.29, 1.82) is 0 Å². The molecule has 30 heavy (non-hydrogen) atoms. The van der Waals surface area contributed by atoms with Gasteiger partial charge in [-0.1, -0.05) is 12.1 Å². The Kier molecular flexibility index (Phi) is 6.13. The van der Waals surface area contributed by atoms with Crippen LogP contribution >= 0.6 is 0 Å². The maximum atomic E-state index is 13.3. The highest BCUT2D eigenvalue weighted by Gasteiger charge is 2.16. The average Bonchev–Trinajstić information content (AvgIpc) is 3.33. The number of aryl methyl sites for hydroxylation is 2. The quantitative estimate of drug-likeness (QED) is 0.650. The highest BCUT2D eigenvalue weighted by Crippen LogP contribution is 2.22. The predicted molar refractivity (Wildman–Crippen MR) is 117 cm³/mol. The molecule has 1 N–H and O–H groups in total. The van der Waals surface area contributed by atoms with E-state index in [4.69, 9.17) is 4.98 Å². The highest BCUT2D eigenvalue weighted by atomic mass is 19.1. The van der Waals surface area contributed by atoms with E-state index in [0.29, 0.717) is 13.0 Å². The summed E-state index contributed by atoms with van der Waals surface area (Å²) in [5.41, 5.74) is 5.17. The molecule has 0 aliphatic carbocycles. The van der Waals surface area contributed by atoms with Crippen LogP contribution in [0, 0.1) is 19.7 Å². The van der Waals surface area contributed by atoms with Crippen LogP contribution in [0.25, 0.3) is 11.0 Å². The number of hydrogen-bond donors (Lipinski definition) is 1. The molecule has 2 aromatic carbocycles. The highest BCUT2D eigenvalue weighted by molar-refractivity contribution is 5.82. The first-order valence-electron chi connectivity index (χ1n) is 10.7. The summed E-state index contributed by atoms with van der Waals surface area (Å²) in [7, 11) is 0. The molecule has 4 rings (SSSR count). The van der Waals surface area contributed by atoms with Gasteiger partial charge in [-0.3, -0.25) is 4.79 Å². The van der Waals surface area contributed by atoms with Gasteiger partial charge in [0.1, 0.15) is 18.2 Å². The Morgan fingerprint density at radius 3 is 2.53 bits per heavy atom. The van der Waals surface area contributed by atoms with E-state index in [0.717, 1.165) is 42.1 Å². The number of benzene rings is 2. The number of imidazole rings is 1. The number of rotatable bonds is 7. The molecule has 1 aromatic heterocycles. The molecule has 3 aromatic rings. The number of carbonyl (C=O) groups is 1. The van der Waals surface area contributed by atoms with Crippen LogP contribution in [0.3, 0.4) is 0 Å². The largest absolute Gasteiger partial charge is 0.353 e. The Morgan fingerprint density at radius 1 is 1.10 bits per heavy atom. The molecule has 5 nitrogen and oxygen atoms in total. The third-order valence-electron chi connectivity index (χ3n) is 5.97. The van der Waals surface area contributed by atoms with E-state index in [1.54, 1.807) is 12.1 Å². The normalized spacial score (nSPS) is 14.5. The second kappa shape index (κ2) is 8.96. The van der Waals surface area contributed by atoms with Crippen LogP contribution in [0.15, 0.2) is 36.4 Å². The van der Waals surface area contributed by atoms with Crippen LogP contribution in [0.1, 0.15) is 35.4 Å². The summed E-state index contributed by atoms with van der Waals surface area (Å²) >= 11 is 0. The van der Waals surface area contributed by atoms with Gasteiger partial charge < -0.3 is 14.8 Å². The van der Waals surface area contributed by atoms with Gasteiger partial charge in [0.05, 0.1) is 11.0 Å². The molecule has 0 atom stereocenters. The number of amides is 1. The Bertz CT molecular complexity index is 1040. The minimum absolute atomic E-state index is 0.00733. The predicted octanol–water partition coefficient (Wildman–Crippen LogP) is 3.60. The summed E-state index contributed by atoms with van der Waals surface area (Å²) in [5, 5.41) is 3.06. The molecule has 0 bridgehead atoms. The van der Waals surface area contributed by atoms with E-state index < -0.39 is 0 Å². The number of fused-ring (bicyclic) bond motifs is 1. The van der Waals surface area contributed by atoms with Crippen LogP contribution in [-0.4, -0.2) is 46.5 Å². The molecule has 1 fully saturated rings. The number of likely N-dealkylation sites (tertiary alicyclic amines) is 1. The molecule has 0 spiro atoms. The molecule has 158 valence electrons. The number of nitrogens with zero attached hydrogens (tertiary/aromatic N) is 3. The summed E-state index contributed by atoms with van der Waals surface area (Å²) in [6.07, 6.45) is 3.05. The van der Waals surface area contributed by atoms with E-state index in [1.165, 1.54) is 36.1 Å². The maximum Gasteiger partial charge on any atom is 0.240 e. The van der Waals surface area contributed by atoms with Crippen molar-refractivity contribution in [1.82, 2.24) is 19.8 Å². The fourth-order valence-corrected chi connectivity index (χ4v) is 4.09. The first-order valence-corrected chi connectivity index (χ1v) is 10.7. The van der Waals surface area contributed by atoms with E-state index in [2.05, 4.69) is 36.2 Å². The number of hydrogen-bond acceptors (Lipinski definition) is 3. The van der Waals surface area contributed by atoms with Gasteiger partial charge in [0.15, 0.2) is 0 Å². The number of aromatic nitrogens is 2. The fourth-order valence-electron chi connectivity index (χ4n) is 4.09.